The molecule has 2 unspecified atom stereocenters. The lowest BCUT2D eigenvalue weighted by Gasteiger charge is -2.27. The van der Waals surface area contributed by atoms with E-state index >= 15 is 0 Å². The molecule has 0 aliphatic rings. The Balaban J connectivity index is 2.56. The molecule has 1 aromatic heterocycles. The largest absolute Gasteiger partial charge is 0.377 e. The van der Waals surface area contributed by atoms with Gasteiger partial charge in [0.2, 0.25) is 0 Å². The molecule has 0 bridgehead atoms. The van der Waals surface area contributed by atoms with Crippen LogP contribution < -0.4 is 5.32 Å². The van der Waals surface area contributed by atoms with Gasteiger partial charge in [-0.3, -0.25) is 0 Å². The highest BCUT2D eigenvalue weighted by Crippen LogP contribution is 2.13. The van der Waals surface area contributed by atoms with Crippen LogP contribution in [0.3, 0.4) is 0 Å². The molecule has 1 rings (SSSR count). The number of nitrogens with zero attached hydrogens (tertiary/aromatic N) is 2. The molecule has 4 nitrogen and oxygen atoms in total. The minimum atomic E-state index is 0.315. The highest BCUT2D eigenvalue weighted by Gasteiger charge is 2.20. The lowest BCUT2D eigenvalue weighted by Crippen LogP contribution is -2.42. The molecule has 0 radical (unpaired) electrons. The van der Waals surface area contributed by atoms with Gasteiger partial charge in [0.1, 0.15) is 5.82 Å². The van der Waals surface area contributed by atoms with Crippen molar-refractivity contribution in [3.63, 3.8) is 0 Å². The number of likely N-dealkylation sites (N-methyl/N-ethyl adjacent to an activating group) is 1. The van der Waals surface area contributed by atoms with Gasteiger partial charge in [0.15, 0.2) is 0 Å². The van der Waals surface area contributed by atoms with Crippen molar-refractivity contribution in [1.29, 1.82) is 0 Å². The lowest BCUT2D eigenvalue weighted by molar-refractivity contribution is 0.0262. The summed E-state index contributed by atoms with van der Waals surface area (Å²) in [6, 6.07) is 0.418. The zero-order valence-electron chi connectivity index (χ0n) is 12.9. The topological polar surface area (TPSA) is 39.1 Å². The fourth-order valence-corrected chi connectivity index (χ4v) is 2.50. The first-order chi connectivity index (χ1) is 9.22. The Morgan fingerprint density at radius 3 is 2.63 bits per heavy atom. The number of aromatic nitrogens is 2. The Bertz CT molecular complexity index is 332. The van der Waals surface area contributed by atoms with E-state index in [0.29, 0.717) is 12.1 Å². The molecule has 1 N–H and O–H groups in total. The number of hydrogen-bond acceptors (Lipinski definition) is 3. The van der Waals surface area contributed by atoms with Gasteiger partial charge in [-0.1, -0.05) is 20.3 Å². The molecule has 0 aliphatic heterocycles. The van der Waals surface area contributed by atoms with Crippen molar-refractivity contribution >= 4 is 0 Å². The van der Waals surface area contributed by atoms with Gasteiger partial charge in [-0.15, -0.1) is 0 Å². The SMILES string of the molecule is CCCC(OCC)C(CCc1nccn1C)NCC. The molecule has 0 aliphatic carbocycles. The number of ether oxygens (including phenoxy) is 1. The summed E-state index contributed by atoms with van der Waals surface area (Å²) in [5.74, 6) is 1.15. The highest BCUT2D eigenvalue weighted by atomic mass is 16.5. The summed E-state index contributed by atoms with van der Waals surface area (Å²) in [4.78, 5) is 4.39. The van der Waals surface area contributed by atoms with Gasteiger partial charge in [0.25, 0.3) is 0 Å². The van der Waals surface area contributed by atoms with Gasteiger partial charge < -0.3 is 14.6 Å². The Hall–Kier alpha value is -0.870. The number of imidazole rings is 1. The average molecular weight is 267 g/mol. The number of aryl methyl sites for hydroxylation is 2. The molecule has 0 fully saturated rings. The zero-order chi connectivity index (χ0) is 14.1. The molecule has 0 amide bonds. The molecular weight excluding hydrogens is 238 g/mol. The number of nitrogens with one attached hydrogen (secondary N) is 1. The summed E-state index contributed by atoms with van der Waals surface area (Å²) in [6.07, 6.45) is 8.53. The molecule has 110 valence electrons. The van der Waals surface area contributed by atoms with Gasteiger partial charge in [-0.05, 0) is 26.3 Å². The van der Waals surface area contributed by atoms with Crippen LogP contribution >= 0.6 is 0 Å². The third-order valence-corrected chi connectivity index (χ3v) is 3.47. The van der Waals surface area contributed by atoms with Crippen molar-refractivity contribution in [3.05, 3.63) is 18.2 Å². The zero-order valence-corrected chi connectivity index (χ0v) is 12.9. The molecule has 0 aromatic carbocycles. The quantitative estimate of drug-likeness (QED) is 0.708. The Morgan fingerprint density at radius 2 is 2.11 bits per heavy atom. The second-order valence-corrected chi connectivity index (χ2v) is 4.94. The molecule has 2 atom stereocenters. The maximum Gasteiger partial charge on any atom is 0.108 e. The fourth-order valence-electron chi connectivity index (χ4n) is 2.50. The van der Waals surface area contributed by atoms with E-state index in [9.17, 15) is 0 Å². The smallest absolute Gasteiger partial charge is 0.108 e. The first kappa shape index (κ1) is 16.2. The molecule has 0 saturated heterocycles. The molecule has 4 heteroatoms. The van der Waals surface area contributed by atoms with Crippen molar-refractivity contribution in [3.8, 4) is 0 Å². The van der Waals surface area contributed by atoms with Crippen molar-refractivity contribution in [2.24, 2.45) is 7.05 Å². The van der Waals surface area contributed by atoms with Gasteiger partial charge in [-0.2, -0.15) is 0 Å². The third-order valence-electron chi connectivity index (χ3n) is 3.47. The molecule has 1 aromatic rings. The van der Waals surface area contributed by atoms with Crippen molar-refractivity contribution in [2.75, 3.05) is 13.2 Å². The van der Waals surface area contributed by atoms with E-state index in [1.54, 1.807) is 0 Å². The Morgan fingerprint density at radius 1 is 1.32 bits per heavy atom. The van der Waals surface area contributed by atoms with E-state index in [1.165, 1.54) is 0 Å². The Kier molecular flexibility index (Phi) is 7.75. The molecule has 0 spiro atoms. The van der Waals surface area contributed by atoms with Crippen molar-refractivity contribution in [2.45, 2.75) is 58.6 Å². The number of rotatable bonds is 10. The minimum absolute atomic E-state index is 0.315. The normalized spacial score (nSPS) is 14.5. The van der Waals surface area contributed by atoms with Crippen LogP contribution in [0.5, 0.6) is 0 Å². The lowest BCUT2D eigenvalue weighted by atomic mass is 10.0. The maximum absolute atomic E-state index is 5.91. The van der Waals surface area contributed by atoms with Crippen molar-refractivity contribution < 1.29 is 4.74 Å². The van der Waals surface area contributed by atoms with Crippen LogP contribution in [0, 0.1) is 0 Å². The maximum atomic E-state index is 5.91. The van der Waals surface area contributed by atoms with E-state index in [2.05, 4.69) is 42.7 Å². The summed E-state index contributed by atoms with van der Waals surface area (Å²) in [7, 11) is 2.05. The van der Waals surface area contributed by atoms with Crippen LogP contribution in [0.2, 0.25) is 0 Å². The van der Waals surface area contributed by atoms with Crippen LogP contribution in [-0.4, -0.2) is 34.8 Å². The van der Waals surface area contributed by atoms with E-state index < -0.39 is 0 Å². The standard InChI is InChI=1S/C15H29N3O/c1-5-8-14(19-7-3)13(16-6-2)9-10-15-17-11-12-18(15)4/h11-14,16H,5-10H2,1-4H3. The summed E-state index contributed by atoms with van der Waals surface area (Å²) in [6.45, 7) is 8.22. The van der Waals surface area contributed by atoms with Crippen LogP contribution in [0.25, 0.3) is 0 Å². The first-order valence-electron chi connectivity index (χ1n) is 7.54. The summed E-state index contributed by atoms with van der Waals surface area (Å²) >= 11 is 0. The second kappa shape index (κ2) is 9.10. The molecular formula is C15H29N3O. The molecule has 1 heterocycles. The molecule has 0 saturated carbocycles. The molecule has 19 heavy (non-hydrogen) atoms. The van der Waals surface area contributed by atoms with Gasteiger partial charge in [0, 0.05) is 38.5 Å². The summed E-state index contributed by atoms with van der Waals surface area (Å²) in [5, 5.41) is 3.57. The van der Waals surface area contributed by atoms with E-state index in [-0.39, 0.29) is 0 Å². The van der Waals surface area contributed by atoms with E-state index in [4.69, 9.17) is 4.74 Å². The van der Waals surface area contributed by atoms with Crippen LogP contribution in [0.4, 0.5) is 0 Å². The number of hydrogen-bond donors (Lipinski definition) is 1. The van der Waals surface area contributed by atoms with Gasteiger partial charge in [-0.25, -0.2) is 4.98 Å². The Labute approximate surface area is 117 Å². The minimum Gasteiger partial charge on any atom is -0.377 e. The van der Waals surface area contributed by atoms with Crippen LogP contribution in [0.15, 0.2) is 12.4 Å². The summed E-state index contributed by atoms with van der Waals surface area (Å²) < 4.78 is 8.00. The van der Waals surface area contributed by atoms with Gasteiger partial charge in [0.05, 0.1) is 6.10 Å². The van der Waals surface area contributed by atoms with Crippen LogP contribution in [0.1, 0.15) is 45.9 Å². The average Bonchev–Trinajstić information content (AvgIpc) is 2.80. The monoisotopic (exact) mass is 267 g/mol. The highest BCUT2D eigenvalue weighted by molar-refractivity contribution is 4.93. The van der Waals surface area contributed by atoms with E-state index in [1.807, 2.05) is 12.4 Å². The van der Waals surface area contributed by atoms with E-state index in [0.717, 1.165) is 44.7 Å². The third kappa shape index (κ3) is 5.33. The predicted octanol–water partition coefficient (Wildman–Crippen LogP) is 2.54. The predicted molar refractivity (Wildman–Crippen MR) is 79.3 cm³/mol. The summed E-state index contributed by atoms with van der Waals surface area (Å²) in [5.41, 5.74) is 0. The second-order valence-electron chi connectivity index (χ2n) is 4.94. The first-order valence-corrected chi connectivity index (χ1v) is 7.54. The van der Waals surface area contributed by atoms with Gasteiger partial charge >= 0.3 is 0 Å². The fraction of sp³-hybridized carbons (Fsp3) is 0.800. The van der Waals surface area contributed by atoms with Crippen molar-refractivity contribution in [1.82, 2.24) is 14.9 Å². The van der Waals surface area contributed by atoms with Crippen LogP contribution in [-0.2, 0) is 18.2 Å².